The first kappa shape index (κ1) is 31.1. The zero-order valence-corrected chi connectivity index (χ0v) is 27.5. The summed E-state index contributed by atoms with van der Waals surface area (Å²) in [6.07, 6.45) is 9.34. The van der Waals surface area contributed by atoms with Gasteiger partial charge in [0.25, 0.3) is 0 Å². The molecule has 5 heterocycles. The van der Waals surface area contributed by atoms with Gasteiger partial charge in [-0.1, -0.05) is 12.8 Å². The van der Waals surface area contributed by atoms with Crippen LogP contribution in [0.25, 0.3) is 5.57 Å². The molecule has 11 nitrogen and oxygen atoms in total. The summed E-state index contributed by atoms with van der Waals surface area (Å²) >= 11 is 0. The molecule has 0 radical (unpaired) electrons. The zero-order valence-electron chi connectivity index (χ0n) is 27.5. The van der Waals surface area contributed by atoms with Gasteiger partial charge in [-0.3, -0.25) is 19.4 Å². The van der Waals surface area contributed by atoms with Crippen molar-refractivity contribution < 1.29 is 14.3 Å². The molecule has 3 saturated heterocycles. The lowest BCUT2D eigenvalue weighted by molar-refractivity contribution is -0.115. The molecule has 1 aromatic heterocycles. The van der Waals surface area contributed by atoms with Crippen molar-refractivity contribution in [2.75, 3.05) is 75.0 Å². The van der Waals surface area contributed by atoms with Crippen molar-refractivity contribution in [3.63, 3.8) is 0 Å². The zero-order chi connectivity index (χ0) is 31.8. The molecule has 0 amide bonds. The van der Waals surface area contributed by atoms with Gasteiger partial charge in [0.2, 0.25) is 5.95 Å². The quantitative estimate of drug-likeness (QED) is 0.183. The molecule has 2 N–H and O–H groups in total. The fourth-order valence-corrected chi connectivity index (χ4v) is 8.11. The number of likely N-dealkylation sites (N-methyl/N-ethyl adjacent to an activating group) is 1. The van der Waals surface area contributed by atoms with E-state index in [1.165, 1.54) is 58.8 Å². The molecule has 2 aromatic rings. The minimum absolute atomic E-state index is 0.146. The van der Waals surface area contributed by atoms with Crippen LogP contribution in [0.1, 0.15) is 57.9 Å². The molecular weight excluding hydrogens is 580 g/mol. The monoisotopic (exact) mass is 628 g/mol. The number of carbonyl (C=O) groups is 2. The van der Waals surface area contributed by atoms with Crippen molar-refractivity contribution >= 4 is 40.8 Å². The number of Topliss-reactive ketones (excluding diaryl/α,β-unsaturated/α-hetero) is 1. The fourth-order valence-electron chi connectivity index (χ4n) is 8.11. The molecule has 1 atom stereocenters. The fraction of sp³-hybridized carbons (Fsp3) is 0.600. The van der Waals surface area contributed by atoms with Crippen LogP contribution in [-0.4, -0.2) is 120 Å². The molecule has 46 heavy (non-hydrogen) atoms. The van der Waals surface area contributed by atoms with Gasteiger partial charge in [0.1, 0.15) is 18.2 Å². The minimum Gasteiger partial charge on any atom is -0.489 e. The van der Waals surface area contributed by atoms with Crippen LogP contribution in [0.5, 0.6) is 5.75 Å². The Balaban J connectivity index is 1.02. The number of aromatic nitrogens is 2. The number of anilines is 4. The molecule has 0 spiro atoms. The molecule has 4 fully saturated rings. The molecule has 11 heteroatoms. The molecule has 246 valence electrons. The highest BCUT2D eigenvalue weighted by atomic mass is 16.5. The molecule has 0 bridgehead atoms. The van der Waals surface area contributed by atoms with Gasteiger partial charge >= 0.3 is 0 Å². The third kappa shape index (κ3) is 6.37. The van der Waals surface area contributed by atoms with Gasteiger partial charge in [-0.15, -0.1) is 0 Å². The Hall–Kier alpha value is -3.54. The maximum absolute atomic E-state index is 12.1. The number of piperazine rings is 1. The Labute approximate surface area is 272 Å². The Morgan fingerprint density at radius 1 is 0.957 bits per heavy atom. The molecular formula is C35H48N8O3. The van der Waals surface area contributed by atoms with Crippen LogP contribution >= 0.6 is 0 Å². The lowest BCUT2D eigenvalue weighted by Gasteiger charge is -2.51. The van der Waals surface area contributed by atoms with Crippen molar-refractivity contribution in [1.82, 2.24) is 24.7 Å². The highest BCUT2D eigenvalue weighted by Crippen LogP contribution is 2.39. The number of ketones is 1. The number of hydrogen-bond acceptors (Lipinski definition) is 11. The number of fused-ring (bicyclic) bond motifs is 3. The normalized spacial score (nSPS) is 24.0. The van der Waals surface area contributed by atoms with Crippen LogP contribution in [-0.2, 0) is 9.59 Å². The van der Waals surface area contributed by atoms with Crippen molar-refractivity contribution in [3.05, 3.63) is 35.5 Å². The van der Waals surface area contributed by atoms with E-state index in [0.717, 1.165) is 55.6 Å². The van der Waals surface area contributed by atoms with Crippen molar-refractivity contribution in [2.45, 2.75) is 76.5 Å². The van der Waals surface area contributed by atoms with Gasteiger partial charge in [0.15, 0.2) is 12.1 Å². The summed E-state index contributed by atoms with van der Waals surface area (Å²) in [5, 5.41) is 6.93. The van der Waals surface area contributed by atoms with Crippen molar-refractivity contribution in [3.8, 4) is 5.75 Å². The predicted molar refractivity (Wildman–Crippen MR) is 181 cm³/mol. The van der Waals surface area contributed by atoms with Crippen molar-refractivity contribution in [2.24, 2.45) is 0 Å². The number of benzene rings is 1. The number of hydrogen-bond donors (Lipinski definition) is 2. The lowest BCUT2D eigenvalue weighted by Crippen LogP contribution is -2.63. The van der Waals surface area contributed by atoms with Crippen LogP contribution in [0.15, 0.2) is 30.0 Å². The largest absolute Gasteiger partial charge is 0.489 e. The lowest BCUT2D eigenvalue weighted by atomic mass is 9.97. The van der Waals surface area contributed by atoms with Crippen LogP contribution in [0.3, 0.4) is 0 Å². The summed E-state index contributed by atoms with van der Waals surface area (Å²) < 4.78 is 6.37. The number of ether oxygens (including phenoxy) is 1. The van der Waals surface area contributed by atoms with Gasteiger partial charge in [0, 0.05) is 87.5 Å². The molecule has 7 rings (SSSR count). The van der Waals surface area contributed by atoms with Crippen LogP contribution in [0, 0.1) is 0 Å². The average molecular weight is 629 g/mol. The number of carbonyl (C=O) groups excluding carboxylic acids is 2. The third-order valence-electron chi connectivity index (χ3n) is 10.8. The smallest absolute Gasteiger partial charge is 0.229 e. The van der Waals surface area contributed by atoms with E-state index < -0.39 is 0 Å². The van der Waals surface area contributed by atoms with Gasteiger partial charge in [-0.2, -0.15) is 4.98 Å². The van der Waals surface area contributed by atoms with E-state index in [-0.39, 0.29) is 11.4 Å². The molecule has 5 aliphatic rings. The van der Waals surface area contributed by atoms with Gasteiger partial charge < -0.3 is 25.2 Å². The Morgan fingerprint density at radius 3 is 2.46 bits per heavy atom. The topological polar surface area (TPSA) is 106 Å². The first-order chi connectivity index (χ1) is 22.4. The Kier molecular flexibility index (Phi) is 8.98. The van der Waals surface area contributed by atoms with Crippen LogP contribution in [0.2, 0.25) is 0 Å². The summed E-state index contributed by atoms with van der Waals surface area (Å²) in [4.78, 5) is 43.6. The standard InChI is InChI=1S/C35H48N8O3/c1-23(31(21-44)24(2)45)30-17-36-35(39-34(30)37-25-6-4-5-7-25)38-26-8-9-32-33(16-26)46-22-29-20-42(14-15-43(29)32)27-10-12-41(13-11-27)28-18-40(3)19-28/h8-9,16-17,21,25,27-29H,4-7,10-15,18-20,22H2,1-3H3,(H2,36,37,38,39)/b31-23+/t29-/m0/s1. The van der Waals surface area contributed by atoms with E-state index in [1.54, 1.807) is 13.1 Å². The summed E-state index contributed by atoms with van der Waals surface area (Å²) in [6.45, 7) is 11.9. The van der Waals surface area contributed by atoms with E-state index in [1.807, 2.05) is 6.07 Å². The van der Waals surface area contributed by atoms with Crippen molar-refractivity contribution in [1.29, 1.82) is 0 Å². The molecule has 1 saturated carbocycles. The summed E-state index contributed by atoms with van der Waals surface area (Å²) in [6, 6.07) is 8.36. The number of rotatable bonds is 9. The average Bonchev–Trinajstić information content (AvgIpc) is 3.56. The van der Waals surface area contributed by atoms with Gasteiger partial charge in [-0.25, -0.2) is 4.98 Å². The SMILES string of the molecule is CC(=O)/C(C=O)=C(\C)c1cnc(Nc2ccc3c(c2)OC[C@@H]2CN(C4CCN(C5CN(C)C5)CC4)CCN32)nc1NC1CCCC1. The van der Waals surface area contributed by atoms with Crippen LogP contribution in [0.4, 0.5) is 23.1 Å². The number of allylic oxidation sites excluding steroid dienone is 2. The van der Waals surface area contributed by atoms with E-state index in [2.05, 4.69) is 54.4 Å². The van der Waals surface area contributed by atoms with E-state index in [4.69, 9.17) is 9.72 Å². The Morgan fingerprint density at radius 2 is 1.74 bits per heavy atom. The molecule has 0 unspecified atom stereocenters. The minimum atomic E-state index is -0.267. The van der Waals surface area contributed by atoms with E-state index in [0.29, 0.717) is 53.9 Å². The second-order valence-electron chi connectivity index (χ2n) is 13.9. The van der Waals surface area contributed by atoms with E-state index >= 15 is 0 Å². The number of aldehydes is 1. The van der Waals surface area contributed by atoms with Crippen LogP contribution < -0.4 is 20.3 Å². The highest BCUT2D eigenvalue weighted by Gasteiger charge is 2.38. The number of piperidine rings is 1. The summed E-state index contributed by atoms with van der Waals surface area (Å²) in [5.41, 5.74) is 3.40. The molecule has 1 aliphatic carbocycles. The first-order valence-electron chi connectivity index (χ1n) is 17.1. The number of nitrogens with one attached hydrogen (secondary N) is 2. The molecule has 1 aromatic carbocycles. The second kappa shape index (κ2) is 13.3. The first-order valence-corrected chi connectivity index (χ1v) is 17.1. The summed E-state index contributed by atoms with van der Waals surface area (Å²) in [5.74, 6) is 1.70. The number of nitrogens with zero attached hydrogens (tertiary/aromatic N) is 6. The third-order valence-corrected chi connectivity index (χ3v) is 10.8. The second-order valence-corrected chi connectivity index (χ2v) is 13.9. The maximum atomic E-state index is 12.1. The van der Waals surface area contributed by atoms with Gasteiger partial charge in [0.05, 0.1) is 17.3 Å². The molecule has 4 aliphatic heterocycles. The highest BCUT2D eigenvalue weighted by molar-refractivity contribution is 6.17. The van der Waals surface area contributed by atoms with Gasteiger partial charge in [-0.05, 0) is 64.3 Å². The maximum Gasteiger partial charge on any atom is 0.229 e. The number of likely N-dealkylation sites (tertiary alicyclic amines) is 2. The predicted octanol–water partition coefficient (Wildman–Crippen LogP) is 3.80. The Bertz CT molecular complexity index is 1480. The summed E-state index contributed by atoms with van der Waals surface area (Å²) in [7, 11) is 2.22. The van der Waals surface area contributed by atoms with E-state index in [9.17, 15) is 9.59 Å².